The number of hydrogen-bond donors (Lipinski definition) is 1. The molecule has 1 N–H and O–H groups in total. The summed E-state index contributed by atoms with van der Waals surface area (Å²) >= 11 is 0. The van der Waals surface area contributed by atoms with Gasteiger partial charge in [0.15, 0.2) is 11.4 Å². The van der Waals surface area contributed by atoms with Crippen molar-refractivity contribution in [3.8, 4) is 0 Å². The highest BCUT2D eigenvalue weighted by Crippen LogP contribution is 2.27. The van der Waals surface area contributed by atoms with Crippen molar-refractivity contribution in [1.29, 1.82) is 0 Å². The Hall–Kier alpha value is -2.69. The maximum Gasteiger partial charge on any atom is 0.300 e. The molecule has 4 nitrogen and oxygen atoms in total. The van der Waals surface area contributed by atoms with Crippen LogP contribution in [0.4, 0.5) is 16.1 Å². The van der Waals surface area contributed by atoms with Crippen molar-refractivity contribution < 1.29 is 13.6 Å². The predicted molar refractivity (Wildman–Crippen MR) is 82.8 cm³/mol. The lowest BCUT2D eigenvalue weighted by atomic mass is 10.1. The van der Waals surface area contributed by atoms with E-state index in [4.69, 9.17) is 4.42 Å². The number of carbonyl (C=O) groups is 1. The largest absolute Gasteiger partial charge is 0.420 e. The van der Waals surface area contributed by atoms with Crippen molar-refractivity contribution in [2.75, 3.05) is 5.32 Å². The average Bonchev–Trinajstić information content (AvgIpc) is 2.88. The lowest BCUT2D eigenvalue weighted by Crippen LogP contribution is -1.99. The Balaban J connectivity index is 1.98. The number of para-hydroxylation sites is 1. The molecule has 3 rings (SSSR count). The quantitative estimate of drug-likeness (QED) is 0.786. The first-order chi connectivity index (χ1) is 10.5. The third kappa shape index (κ3) is 2.70. The van der Waals surface area contributed by atoms with Gasteiger partial charge < -0.3 is 9.73 Å². The molecular weight excluding hydrogens is 283 g/mol. The Morgan fingerprint density at radius 3 is 2.77 bits per heavy atom. The van der Waals surface area contributed by atoms with Gasteiger partial charge in [-0.3, -0.25) is 4.79 Å². The maximum absolute atomic E-state index is 14.3. The molecule has 0 amide bonds. The summed E-state index contributed by atoms with van der Waals surface area (Å²) in [7, 11) is 0. The summed E-state index contributed by atoms with van der Waals surface area (Å²) in [5.41, 5.74) is 2.68. The van der Waals surface area contributed by atoms with Gasteiger partial charge in [-0.15, -0.1) is 0 Å². The number of ketones is 1. The molecule has 0 atom stereocenters. The minimum Gasteiger partial charge on any atom is -0.420 e. The highest BCUT2D eigenvalue weighted by molar-refractivity contribution is 5.82. The van der Waals surface area contributed by atoms with Crippen molar-refractivity contribution >= 4 is 28.6 Å². The second kappa shape index (κ2) is 5.60. The van der Waals surface area contributed by atoms with Crippen LogP contribution in [-0.4, -0.2) is 10.8 Å². The number of nitrogens with one attached hydrogen (secondary N) is 1. The Labute approximate surface area is 127 Å². The number of benzene rings is 2. The molecule has 0 bridgehead atoms. The molecule has 2 aromatic carbocycles. The molecule has 0 aliphatic rings. The Morgan fingerprint density at radius 2 is 2.05 bits per heavy atom. The van der Waals surface area contributed by atoms with Crippen molar-refractivity contribution in [2.45, 2.75) is 20.3 Å². The smallest absolute Gasteiger partial charge is 0.300 e. The minimum absolute atomic E-state index is 0.0447. The average molecular weight is 298 g/mol. The van der Waals surface area contributed by atoms with E-state index in [-0.39, 0.29) is 23.8 Å². The first-order valence-electron chi connectivity index (χ1n) is 6.94. The zero-order valence-electron chi connectivity index (χ0n) is 12.3. The van der Waals surface area contributed by atoms with Gasteiger partial charge >= 0.3 is 0 Å². The molecule has 0 aliphatic carbocycles. The minimum atomic E-state index is -0.530. The zero-order valence-corrected chi connectivity index (χ0v) is 12.3. The van der Waals surface area contributed by atoms with Crippen molar-refractivity contribution in [1.82, 2.24) is 4.98 Å². The Kier molecular flexibility index (Phi) is 3.63. The number of aromatic nitrogens is 1. The molecule has 1 aromatic heterocycles. The van der Waals surface area contributed by atoms with Crippen molar-refractivity contribution in [2.24, 2.45) is 0 Å². The number of nitrogens with zero attached hydrogens (tertiary/aromatic N) is 1. The van der Waals surface area contributed by atoms with Crippen molar-refractivity contribution in [3.63, 3.8) is 0 Å². The number of hydrogen-bond acceptors (Lipinski definition) is 4. The Morgan fingerprint density at radius 1 is 1.27 bits per heavy atom. The molecule has 0 saturated heterocycles. The number of Topliss-reactive ketones (excluding diaryl/α,β-unsaturated/α-hetero) is 1. The molecule has 0 fully saturated rings. The first kappa shape index (κ1) is 14.3. The highest BCUT2D eigenvalue weighted by atomic mass is 19.1. The van der Waals surface area contributed by atoms with Gasteiger partial charge in [0, 0.05) is 12.1 Å². The van der Waals surface area contributed by atoms with E-state index >= 15 is 0 Å². The molecule has 0 radical (unpaired) electrons. The van der Waals surface area contributed by atoms with Crippen LogP contribution in [0.1, 0.15) is 18.1 Å². The van der Waals surface area contributed by atoms with Crippen LogP contribution in [0, 0.1) is 12.7 Å². The fourth-order valence-electron chi connectivity index (χ4n) is 2.29. The molecule has 0 aliphatic heterocycles. The number of rotatable bonds is 4. The van der Waals surface area contributed by atoms with E-state index in [2.05, 4.69) is 10.3 Å². The van der Waals surface area contributed by atoms with Crippen LogP contribution in [0.5, 0.6) is 0 Å². The lowest BCUT2D eigenvalue weighted by molar-refractivity contribution is -0.116. The van der Waals surface area contributed by atoms with E-state index in [0.29, 0.717) is 11.1 Å². The first-order valence-corrected chi connectivity index (χ1v) is 6.94. The fraction of sp³-hybridized carbons (Fsp3) is 0.176. The number of halogens is 1. The van der Waals surface area contributed by atoms with Crippen LogP contribution < -0.4 is 5.32 Å². The number of oxazole rings is 1. The molecule has 22 heavy (non-hydrogen) atoms. The van der Waals surface area contributed by atoms with E-state index in [1.165, 1.54) is 6.92 Å². The Bertz CT molecular complexity index is 855. The fourth-order valence-corrected chi connectivity index (χ4v) is 2.29. The lowest BCUT2D eigenvalue weighted by Gasteiger charge is -2.04. The van der Waals surface area contributed by atoms with Crippen molar-refractivity contribution in [3.05, 3.63) is 53.3 Å². The van der Waals surface area contributed by atoms with Gasteiger partial charge in [-0.05, 0) is 37.1 Å². The summed E-state index contributed by atoms with van der Waals surface area (Å²) in [6, 6.07) is 11.1. The maximum atomic E-state index is 14.3. The van der Waals surface area contributed by atoms with E-state index < -0.39 is 5.82 Å². The van der Waals surface area contributed by atoms with E-state index in [9.17, 15) is 9.18 Å². The van der Waals surface area contributed by atoms with Crippen LogP contribution in [0.25, 0.3) is 11.1 Å². The molecule has 3 aromatic rings. The molecule has 5 heteroatoms. The molecule has 1 heterocycles. The van der Waals surface area contributed by atoms with Gasteiger partial charge in [0.25, 0.3) is 6.01 Å². The van der Waals surface area contributed by atoms with Gasteiger partial charge in [0.2, 0.25) is 0 Å². The third-order valence-corrected chi connectivity index (χ3v) is 3.40. The van der Waals surface area contributed by atoms with E-state index in [1.54, 1.807) is 12.1 Å². The normalized spacial score (nSPS) is 10.9. The summed E-state index contributed by atoms with van der Waals surface area (Å²) in [6.07, 6.45) is 0.0447. The van der Waals surface area contributed by atoms with Gasteiger partial charge in [-0.1, -0.05) is 24.3 Å². The van der Waals surface area contributed by atoms with Gasteiger partial charge in [-0.2, -0.15) is 4.98 Å². The summed E-state index contributed by atoms with van der Waals surface area (Å²) in [5.74, 6) is -0.631. The van der Waals surface area contributed by atoms with E-state index in [0.717, 1.165) is 11.3 Å². The molecule has 0 saturated carbocycles. The second-order valence-electron chi connectivity index (χ2n) is 5.22. The van der Waals surface area contributed by atoms with Crippen LogP contribution in [-0.2, 0) is 11.2 Å². The number of fused-ring (bicyclic) bond motifs is 1. The summed E-state index contributed by atoms with van der Waals surface area (Å²) in [6.45, 7) is 3.38. The topological polar surface area (TPSA) is 55.1 Å². The van der Waals surface area contributed by atoms with E-state index in [1.807, 2.05) is 31.2 Å². The van der Waals surface area contributed by atoms with Crippen LogP contribution in [0.3, 0.4) is 0 Å². The SMILES string of the molecule is CC(=O)Cc1ccc2nc(Nc3ccccc3C)oc2c1F. The van der Waals surface area contributed by atoms with Crippen LogP contribution in [0.2, 0.25) is 0 Å². The molecule has 112 valence electrons. The number of anilines is 2. The van der Waals surface area contributed by atoms with Gasteiger partial charge in [0.1, 0.15) is 11.3 Å². The zero-order chi connectivity index (χ0) is 15.7. The van der Waals surface area contributed by atoms with Crippen LogP contribution in [0.15, 0.2) is 40.8 Å². The van der Waals surface area contributed by atoms with Crippen LogP contribution >= 0.6 is 0 Å². The summed E-state index contributed by atoms with van der Waals surface area (Å²) < 4.78 is 19.8. The predicted octanol–water partition coefficient (Wildman–Crippen LogP) is 4.15. The number of carbonyl (C=O) groups excluding carboxylic acids is 1. The molecule has 0 unspecified atom stereocenters. The summed E-state index contributed by atoms with van der Waals surface area (Å²) in [4.78, 5) is 15.4. The monoisotopic (exact) mass is 298 g/mol. The highest BCUT2D eigenvalue weighted by Gasteiger charge is 2.15. The standard InChI is InChI=1S/C17H15FN2O2/c1-10-5-3-4-6-13(10)19-17-20-14-8-7-12(9-11(2)21)15(18)16(14)22-17/h3-8H,9H2,1-2H3,(H,19,20). The van der Waals surface area contributed by atoms with Gasteiger partial charge in [0.05, 0.1) is 0 Å². The third-order valence-electron chi connectivity index (χ3n) is 3.40. The summed E-state index contributed by atoms with van der Waals surface area (Å²) in [5, 5.41) is 3.04. The number of aryl methyl sites for hydroxylation is 1. The van der Waals surface area contributed by atoms with Gasteiger partial charge in [-0.25, -0.2) is 4.39 Å². The molecular formula is C17H15FN2O2. The second-order valence-corrected chi connectivity index (χ2v) is 5.22. The molecule has 0 spiro atoms.